The molecule has 2 aromatic rings. The van der Waals surface area contributed by atoms with Crippen molar-refractivity contribution in [1.29, 1.82) is 0 Å². The van der Waals surface area contributed by atoms with Gasteiger partial charge in [0.25, 0.3) is 0 Å². The van der Waals surface area contributed by atoms with Crippen molar-refractivity contribution in [3.63, 3.8) is 0 Å². The van der Waals surface area contributed by atoms with Crippen molar-refractivity contribution < 1.29 is 9.90 Å². The van der Waals surface area contributed by atoms with Gasteiger partial charge in [0.05, 0.1) is 5.56 Å². The number of allylic oxidation sites excluding steroid dienone is 2. The Morgan fingerprint density at radius 1 is 1.00 bits per heavy atom. The Morgan fingerprint density at radius 2 is 1.79 bits per heavy atom. The highest BCUT2D eigenvalue weighted by molar-refractivity contribution is 5.97. The van der Waals surface area contributed by atoms with Gasteiger partial charge in [-0.3, -0.25) is 0 Å². The van der Waals surface area contributed by atoms with E-state index >= 15 is 0 Å². The maximum absolute atomic E-state index is 12.0. The Kier molecular flexibility index (Phi) is 6.18. The molecule has 4 rings (SSSR count). The van der Waals surface area contributed by atoms with Gasteiger partial charge in [0.15, 0.2) is 0 Å². The Bertz CT molecular complexity index is 857. The van der Waals surface area contributed by atoms with Crippen molar-refractivity contribution in [3.8, 4) is 11.1 Å². The molecule has 2 aromatic carbocycles. The highest BCUT2D eigenvalue weighted by Gasteiger charge is 2.43. The molecule has 0 amide bonds. The predicted octanol–water partition coefficient (Wildman–Crippen LogP) is 7.29. The van der Waals surface area contributed by atoms with E-state index in [1.54, 1.807) is 0 Å². The van der Waals surface area contributed by atoms with Crippen molar-refractivity contribution in [2.24, 2.45) is 11.3 Å². The summed E-state index contributed by atoms with van der Waals surface area (Å²) in [6.45, 7) is 0. The van der Waals surface area contributed by atoms with Gasteiger partial charge in [-0.25, -0.2) is 4.79 Å². The number of hydrogen-bond acceptors (Lipinski definition) is 1. The standard InChI is InChI=1S/C27H32O2/c28-26(29)25-23(13-9-14-24(25)22-10-6-4-7-11-22)12-5-2-1-3-8-17-27-18-15-21(20-27)16-19-27/h3-4,6-11,13-14,21H,1-2,5,12,15-20H2,(H,28,29). The van der Waals surface area contributed by atoms with E-state index in [4.69, 9.17) is 0 Å². The molecule has 2 nitrogen and oxygen atoms in total. The van der Waals surface area contributed by atoms with Gasteiger partial charge in [-0.05, 0) is 92.2 Å². The molecule has 0 atom stereocenters. The smallest absolute Gasteiger partial charge is 0.336 e. The van der Waals surface area contributed by atoms with Crippen LogP contribution in [0.1, 0.15) is 73.7 Å². The van der Waals surface area contributed by atoms with Crippen LogP contribution in [-0.4, -0.2) is 11.1 Å². The quantitative estimate of drug-likeness (QED) is 0.362. The minimum absolute atomic E-state index is 0.463. The fraction of sp³-hybridized carbons (Fsp3) is 0.444. The lowest BCUT2D eigenvalue weighted by atomic mass is 9.81. The SMILES string of the molecule is O=C(O)c1c(CCCCC=CCC23CCC(CC2)C3)cccc1-c1ccccc1. The lowest BCUT2D eigenvalue weighted by Gasteiger charge is -2.24. The Hall–Kier alpha value is -2.35. The van der Waals surface area contributed by atoms with E-state index in [0.717, 1.165) is 48.3 Å². The van der Waals surface area contributed by atoms with Crippen molar-refractivity contribution in [1.82, 2.24) is 0 Å². The van der Waals surface area contributed by atoms with Gasteiger partial charge in [-0.2, -0.15) is 0 Å². The second-order valence-corrected chi connectivity index (χ2v) is 9.08. The molecule has 2 saturated carbocycles. The molecule has 152 valence electrons. The van der Waals surface area contributed by atoms with E-state index in [-0.39, 0.29) is 0 Å². The minimum atomic E-state index is -0.829. The Labute approximate surface area is 174 Å². The summed E-state index contributed by atoms with van der Waals surface area (Å²) in [5.74, 6) is 0.198. The molecule has 29 heavy (non-hydrogen) atoms. The zero-order valence-electron chi connectivity index (χ0n) is 17.3. The van der Waals surface area contributed by atoms with Crippen LogP contribution in [0.15, 0.2) is 60.7 Å². The monoisotopic (exact) mass is 388 g/mol. The van der Waals surface area contributed by atoms with Crippen molar-refractivity contribution in [3.05, 3.63) is 71.8 Å². The molecule has 2 fully saturated rings. The van der Waals surface area contributed by atoms with E-state index < -0.39 is 5.97 Å². The van der Waals surface area contributed by atoms with Crippen LogP contribution in [0.2, 0.25) is 0 Å². The number of carboxylic acid groups (broad SMARTS) is 1. The van der Waals surface area contributed by atoms with Crippen LogP contribution in [0.25, 0.3) is 11.1 Å². The number of carboxylic acids is 1. The molecule has 0 unspecified atom stereocenters. The number of fused-ring (bicyclic) bond motifs is 2. The third kappa shape index (κ3) is 4.63. The summed E-state index contributed by atoms with van der Waals surface area (Å²) in [5, 5.41) is 9.82. The van der Waals surface area contributed by atoms with Crippen LogP contribution in [0.4, 0.5) is 0 Å². The molecule has 0 heterocycles. The third-order valence-electron chi connectivity index (χ3n) is 7.12. The Morgan fingerprint density at radius 3 is 2.48 bits per heavy atom. The van der Waals surface area contributed by atoms with Crippen LogP contribution in [-0.2, 0) is 6.42 Å². The molecule has 2 aliphatic rings. The van der Waals surface area contributed by atoms with Gasteiger partial charge in [0, 0.05) is 0 Å². The number of aryl methyl sites for hydroxylation is 1. The summed E-state index contributed by atoms with van der Waals surface area (Å²) in [5.41, 5.74) is 3.85. The Balaban J connectivity index is 1.30. The first-order valence-electron chi connectivity index (χ1n) is 11.2. The number of aromatic carboxylic acids is 1. The normalized spacial score (nSPS) is 23.1. The number of carbonyl (C=O) groups is 1. The fourth-order valence-electron chi connectivity index (χ4n) is 5.55. The van der Waals surface area contributed by atoms with Crippen molar-refractivity contribution in [2.75, 3.05) is 0 Å². The molecule has 0 spiro atoms. The topological polar surface area (TPSA) is 37.3 Å². The molecular formula is C27H32O2. The summed E-state index contributed by atoms with van der Waals surface area (Å²) in [6, 6.07) is 15.7. The van der Waals surface area contributed by atoms with Gasteiger partial charge in [0.2, 0.25) is 0 Å². The molecule has 0 radical (unpaired) electrons. The highest BCUT2D eigenvalue weighted by Crippen LogP contribution is 2.56. The summed E-state index contributed by atoms with van der Waals surface area (Å²) in [6.07, 6.45) is 17.4. The van der Waals surface area contributed by atoms with Crippen LogP contribution in [0.3, 0.4) is 0 Å². The van der Waals surface area contributed by atoms with E-state index in [2.05, 4.69) is 12.2 Å². The van der Waals surface area contributed by atoms with Crippen molar-refractivity contribution >= 4 is 5.97 Å². The largest absolute Gasteiger partial charge is 0.478 e. The van der Waals surface area contributed by atoms with E-state index in [0.29, 0.717) is 11.0 Å². The van der Waals surface area contributed by atoms with Crippen molar-refractivity contribution in [2.45, 2.75) is 64.2 Å². The number of unbranched alkanes of at least 4 members (excludes halogenated alkanes) is 2. The molecule has 0 saturated heterocycles. The first-order valence-corrected chi connectivity index (χ1v) is 11.2. The lowest BCUT2D eigenvalue weighted by Crippen LogP contribution is -2.12. The molecule has 2 heteroatoms. The average molecular weight is 389 g/mol. The molecule has 2 aliphatic carbocycles. The summed E-state index contributed by atoms with van der Waals surface area (Å²) < 4.78 is 0. The minimum Gasteiger partial charge on any atom is -0.478 e. The van der Waals surface area contributed by atoms with Crippen LogP contribution >= 0.6 is 0 Å². The number of hydrogen-bond donors (Lipinski definition) is 1. The molecule has 2 bridgehead atoms. The molecular weight excluding hydrogens is 356 g/mol. The molecule has 1 N–H and O–H groups in total. The number of benzene rings is 2. The van der Waals surface area contributed by atoms with Crippen LogP contribution in [0.5, 0.6) is 0 Å². The van der Waals surface area contributed by atoms with Gasteiger partial charge in [-0.15, -0.1) is 0 Å². The van der Waals surface area contributed by atoms with Gasteiger partial charge < -0.3 is 5.11 Å². The van der Waals surface area contributed by atoms with E-state index in [9.17, 15) is 9.90 Å². The van der Waals surface area contributed by atoms with Gasteiger partial charge in [-0.1, -0.05) is 60.7 Å². The maximum atomic E-state index is 12.0. The third-order valence-corrected chi connectivity index (χ3v) is 7.12. The maximum Gasteiger partial charge on any atom is 0.336 e. The zero-order valence-corrected chi connectivity index (χ0v) is 17.3. The highest BCUT2D eigenvalue weighted by atomic mass is 16.4. The van der Waals surface area contributed by atoms with Gasteiger partial charge in [0.1, 0.15) is 0 Å². The second kappa shape index (κ2) is 8.98. The molecule has 0 aromatic heterocycles. The zero-order chi connectivity index (χ0) is 20.1. The van der Waals surface area contributed by atoms with E-state index in [1.165, 1.54) is 38.5 Å². The number of rotatable bonds is 9. The second-order valence-electron chi connectivity index (χ2n) is 9.08. The first kappa shape index (κ1) is 19.9. The van der Waals surface area contributed by atoms with E-state index in [1.807, 2.05) is 48.5 Å². The van der Waals surface area contributed by atoms with Crippen LogP contribution in [0, 0.1) is 11.3 Å². The lowest BCUT2D eigenvalue weighted by molar-refractivity contribution is 0.0696. The van der Waals surface area contributed by atoms with Crippen LogP contribution < -0.4 is 0 Å². The first-order chi connectivity index (χ1) is 14.2. The summed E-state index contributed by atoms with van der Waals surface area (Å²) in [7, 11) is 0. The van der Waals surface area contributed by atoms with Gasteiger partial charge >= 0.3 is 5.97 Å². The predicted molar refractivity (Wildman–Crippen MR) is 119 cm³/mol. The fourth-order valence-corrected chi connectivity index (χ4v) is 5.55. The molecule has 0 aliphatic heterocycles. The average Bonchev–Trinajstić information content (AvgIpc) is 3.34. The summed E-state index contributed by atoms with van der Waals surface area (Å²) >= 11 is 0. The summed E-state index contributed by atoms with van der Waals surface area (Å²) in [4.78, 5) is 12.0.